The van der Waals surface area contributed by atoms with Crippen molar-refractivity contribution in [3.63, 3.8) is 0 Å². The Kier molecular flexibility index (Phi) is 4.61. The maximum Gasteiger partial charge on any atom is 0.336 e. The Morgan fingerprint density at radius 2 is 2.11 bits per heavy atom. The van der Waals surface area contributed by atoms with Crippen LogP contribution in [0.4, 0.5) is 4.79 Å². The summed E-state index contributed by atoms with van der Waals surface area (Å²) < 4.78 is 5.06. The quantitative estimate of drug-likeness (QED) is 0.832. The summed E-state index contributed by atoms with van der Waals surface area (Å²) in [6.07, 6.45) is 4.59. The van der Waals surface area contributed by atoms with Gasteiger partial charge in [0.05, 0.1) is 30.4 Å². The summed E-state index contributed by atoms with van der Waals surface area (Å²) in [5, 5.41) is 12.2. The van der Waals surface area contributed by atoms with E-state index in [0.29, 0.717) is 30.0 Å². The maximum atomic E-state index is 12.8. The number of amides is 2. The number of urea groups is 1. The van der Waals surface area contributed by atoms with Crippen LogP contribution in [-0.4, -0.2) is 42.6 Å². The van der Waals surface area contributed by atoms with Crippen molar-refractivity contribution in [3.05, 3.63) is 41.0 Å². The van der Waals surface area contributed by atoms with Crippen molar-refractivity contribution in [3.8, 4) is 6.07 Å². The summed E-state index contributed by atoms with van der Waals surface area (Å²) in [7, 11) is 1.37. The number of ether oxygens (including phenoxy) is 1. The van der Waals surface area contributed by atoms with Gasteiger partial charge in [0.2, 0.25) is 0 Å². The summed E-state index contributed by atoms with van der Waals surface area (Å²) >= 11 is 0. The molecule has 2 bridgehead atoms. The van der Waals surface area contributed by atoms with Crippen LogP contribution >= 0.6 is 0 Å². The lowest BCUT2D eigenvalue weighted by Crippen LogP contribution is -2.51. The number of methoxy groups -OCH3 is 1. The Morgan fingerprint density at radius 3 is 2.81 bits per heavy atom. The molecule has 1 aromatic rings. The Balaban J connectivity index is 1.69. The van der Waals surface area contributed by atoms with E-state index in [1.54, 1.807) is 12.1 Å². The van der Waals surface area contributed by atoms with E-state index in [4.69, 9.17) is 4.74 Å². The van der Waals surface area contributed by atoms with E-state index in [0.717, 1.165) is 24.0 Å². The number of nitrogens with zero attached hydrogens (tertiary/aromatic N) is 2. The predicted octanol–water partition coefficient (Wildman–Crippen LogP) is 2.84. The molecule has 0 unspecified atom stereocenters. The van der Waals surface area contributed by atoms with Gasteiger partial charge < -0.3 is 15.0 Å². The molecule has 0 aromatic heterocycles. The molecule has 4 rings (SSSR count). The molecule has 2 aliphatic heterocycles. The molecule has 0 radical (unpaired) electrons. The van der Waals surface area contributed by atoms with Crippen molar-refractivity contribution in [1.29, 1.82) is 5.26 Å². The zero-order chi connectivity index (χ0) is 19.0. The van der Waals surface area contributed by atoms with E-state index in [-0.39, 0.29) is 18.1 Å². The summed E-state index contributed by atoms with van der Waals surface area (Å²) in [6, 6.07) is 9.17. The molecule has 6 nitrogen and oxygen atoms in total. The smallest absolute Gasteiger partial charge is 0.336 e. The topological polar surface area (TPSA) is 82.4 Å². The molecule has 2 fully saturated rings. The van der Waals surface area contributed by atoms with Crippen LogP contribution in [0.3, 0.4) is 0 Å². The first-order valence-electron chi connectivity index (χ1n) is 9.50. The molecule has 1 aliphatic carbocycles. The van der Waals surface area contributed by atoms with Gasteiger partial charge in [-0.3, -0.25) is 0 Å². The second kappa shape index (κ2) is 7.07. The van der Waals surface area contributed by atoms with Gasteiger partial charge in [0.15, 0.2) is 0 Å². The highest BCUT2D eigenvalue weighted by atomic mass is 16.5. The van der Waals surface area contributed by atoms with Crippen molar-refractivity contribution in [1.82, 2.24) is 10.2 Å². The minimum absolute atomic E-state index is 0.0725. The van der Waals surface area contributed by atoms with Gasteiger partial charge in [-0.2, -0.15) is 5.26 Å². The Bertz CT molecular complexity index is 850. The number of fused-ring (bicyclic) bond motifs is 2. The van der Waals surface area contributed by atoms with Crippen LogP contribution in [0.5, 0.6) is 0 Å². The van der Waals surface area contributed by atoms with E-state index in [1.165, 1.54) is 20.0 Å². The van der Waals surface area contributed by atoms with Gasteiger partial charge in [-0.1, -0.05) is 12.1 Å². The molecule has 0 spiro atoms. The minimum Gasteiger partial charge on any atom is -0.466 e. The Hall–Kier alpha value is -2.81. The highest BCUT2D eigenvalue weighted by Crippen LogP contribution is 2.43. The van der Waals surface area contributed by atoms with Crippen molar-refractivity contribution < 1.29 is 14.3 Å². The number of rotatable bonds is 4. The monoisotopic (exact) mass is 365 g/mol. The van der Waals surface area contributed by atoms with E-state index in [1.807, 2.05) is 17.0 Å². The van der Waals surface area contributed by atoms with Crippen LogP contribution in [0.1, 0.15) is 43.2 Å². The molecular weight excluding hydrogens is 342 g/mol. The summed E-state index contributed by atoms with van der Waals surface area (Å²) in [4.78, 5) is 27.3. The highest BCUT2D eigenvalue weighted by Gasteiger charge is 2.46. The number of nitriles is 1. The second-order valence-electron chi connectivity index (χ2n) is 7.56. The van der Waals surface area contributed by atoms with Gasteiger partial charge in [0.25, 0.3) is 0 Å². The average molecular weight is 365 g/mol. The average Bonchev–Trinajstić information content (AvgIpc) is 3.48. The van der Waals surface area contributed by atoms with Gasteiger partial charge in [-0.15, -0.1) is 0 Å². The van der Waals surface area contributed by atoms with Gasteiger partial charge in [0, 0.05) is 12.6 Å². The van der Waals surface area contributed by atoms with E-state index >= 15 is 0 Å². The second-order valence-corrected chi connectivity index (χ2v) is 7.56. The van der Waals surface area contributed by atoms with Crippen molar-refractivity contribution in [2.75, 3.05) is 13.7 Å². The highest BCUT2D eigenvalue weighted by molar-refractivity contribution is 6.01. The van der Waals surface area contributed by atoms with Gasteiger partial charge in [0.1, 0.15) is 0 Å². The van der Waals surface area contributed by atoms with Gasteiger partial charge in [-0.25, -0.2) is 9.59 Å². The lowest BCUT2D eigenvalue weighted by atomic mass is 9.88. The first-order valence-corrected chi connectivity index (χ1v) is 9.50. The molecular formula is C21H23N3O3. The molecule has 6 heteroatoms. The number of hydrogen-bond donors (Lipinski definition) is 1. The number of esters is 1. The largest absolute Gasteiger partial charge is 0.466 e. The standard InChI is InChI=1S/C21H23N3O3/c1-27-20(25)19-17(15-4-2-3-14(9-15)11-22)10-16-7-8-18(19)24(16)21(26)23-12-13-5-6-13/h2-4,9,13,16,18H,5-8,10,12H2,1H3,(H,23,26)/t16-,18+/m0/s1. The molecule has 1 saturated heterocycles. The molecule has 1 aromatic carbocycles. The summed E-state index contributed by atoms with van der Waals surface area (Å²) in [6.45, 7) is 0.711. The van der Waals surface area contributed by atoms with Crippen LogP contribution in [0.2, 0.25) is 0 Å². The molecule has 2 atom stereocenters. The number of benzene rings is 1. The fourth-order valence-electron chi connectivity index (χ4n) is 4.28. The Morgan fingerprint density at radius 1 is 1.30 bits per heavy atom. The van der Waals surface area contributed by atoms with Crippen molar-refractivity contribution in [2.45, 2.75) is 44.2 Å². The normalized spacial score (nSPS) is 23.8. The summed E-state index contributed by atoms with van der Waals surface area (Å²) in [5.74, 6) is 0.217. The fraction of sp³-hybridized carbons (Fsp3) is 0.476. The van der Waals surface area contributed by atoms with Crippen LogP contribution in [0.15, 0.2) is 29.8 Å². The fourth-order valence-corrected chi connectivity index (χ4v) is 4.28. The number of nitrogens with one attached hydrogen (secondary N) is 1. The van der Waals surface area contributed by atoms with Gasteiger partial charge >= 0.3 is 12.0 Å². The number of carbonyl (C=O) groups excluding carboxylic acids is 2. The molecule has 2 heterocycles. The molecule has 1 saturated carbocycles. The van der Waals surface area contributed by atoms with Crippen LogP contribution < -0.4 is 5.32 Å². The summed E-state index contributed by atoms with van der Waals surface area (Å²) in [5.41, 5.74) is 2.88. The van der Waals surface area contributed by atoms with E-state index < -0.39 is 5.97 Å². The van der Waals surface area contributed by atoms with Crippen molar-refractivity contribution in [2.24, 2.45) is 5.92 Å². The minimum atomic E-state index is -0.391. The first kappa shape index (κ1) is 17.6. The maximum absolute atomic E-state index is 12.8. The third kappa shape index (κ3) is 3.30. The molecule has 27 heavy (non-hydrogen) atoms. The van der Waals surface area contributed by atoms with E-state index in [9.17, 15) is 14.9 Å². The number of carbonyl (C=O) groups is 2. The van der Waals surface area contributed by atoms with Gasteiger partial charge in [-0.05, 0) is 61.3 Å². The molecule has 2 amide bonds. The molecule has 3 aliphatic rings. The van der Waals surface area contributed by atoms with Crippen LogP contribution in [-0.2, 0) is 9.53 Å². The lowest BCUT2D eigenvalue weighted by molar-refractivity contribution is -0.136. The zero-order valence-corrected chi connectivity index (χ0v) is 15.4. The third-order valence-corrected chi connectivity index (χ3v) is 5.82. The number of hydrogen-bond acceptors (Lipinski definition) is 4. The van der Waals surface area contributed by atoms with Crippen LogP contribution in [0.25, 0.3) is 5.57 Å². The van der Waals surface area contributed by atoms with Crippen molar-refractivity contribution >= 4 is 17.6 Å². The predicted molar refractivity (Wildman–Crippen MR) is 99.5 cm³/mol. The molecule has 1 N–H and O–H groups in total. The first-order chi connectivity index (χ1) is 13.1. The SMILES string of the molecule is COC(=O)C1=C(c2cccc(C#N)c2)C[C@@H]2CC[C@H]1N2C(=O)NCC1CC1. The lowest BCUT2D eigenvalue weighted by Gasteiger charge is -2.37. The third-order valence-electron chi connectivity index (χ3n) is 5.82. The Labute approximate surface area is 158 Å². The van der Waals surface area contributed by atoms with E-state index in [2.05, 4.69) is 11.4 Å². The molecule has 140 valence electrons. The zero-order valence-electron chi connectivity index (χ0n) is 15.4. The van der Waals surface area contributed by atoms with Crippen LogP contribution in [0, 0.1) is 17.2 Å².